The minimum absolute atomic E-state index is 0.198. The van der Waals surface area contributed by atoms with Gasteiger partial charge in [0, 0.05) is 24.8 Å². The Morgan fingerprint density at radius 2 is 2.31 bits per heavy atom. The van der Waals surface area contributed by atoms with Gasteiger partial charge in [0.1, 0.15) is 5.82 Å². The first-order chi connectivity index (χ1) is 7.70. The monoisotopic (exact) mass is 242 g/mol. The zero-order chi connectivity index (χ0) is 11.5. The molecule has 0 radical (unpaired) electrons. The molecule has 0 aliphatic carbocycles. The molecular weight excluding hydrogens is 227 g/mol. The highest BCUT2D eigenvalue weighted by Gasteiger charge is 2.19. The highest BCUT2D eigenvalue weighted by atomic mass is 35.5. The maximum absolute atomic E-state index is 13.0. The van der Waals surface area contributed by atoms with Gasteiger partial charge in [-0.25, -0.2) is 4.39 Å². The quantitative estimate of drug-likeness (QED) is 0.858. The van der Waals surface area contributed by atoms with E-state index in [0.29, 0.717) is 6.04 Å². The molecule has 1 heterocycles. The molecule has 1 N–H and O–H groups in total. The highest BCUT2D eigenvalue weighted by molar-refractivity contribution is 6.31. The van der Waals surface area contributed by atoms with Crippen LogP contribution in [0.3, 0.4) is 0 Å². The Labute approximate surface area is 100 Å². The second kappa shape index (κ2) is 5.02. The van der Waals surface area contributed by atoms with Crippen molar-refractivity contribution in [3.05, 3.63) is 29.0 Å². The molecule has 0 spiro atoms. The number of nitrogens with one attached hydrogen (secondary N) is 1. The number of anilines is 1. The van der Waals surface area contributed by atoms with Crippen LogP contribution in [0.1, 0.15) is 12.8 Å². The highest BCUT2D eigenvalue weighted by Crippen LogP contribution is 2.25. The van der Waals surface area contributed by atoms with Crippen LogP contribution in [-0.4, -0.2) is 26.2 Å². The van der Waals surface area contributed by atoms with Crippen LogP contribution in [0, 0.1) is 5.82 Å². The van der Waals surface area contributed by atoms with Crippen LogP contribution in [0.15, 0.2) is 18.2 Å². The number of likely N-dealkylation sites (N-methyl/N-ethyl adjacent to an activating group) is 1. The first-order valence-electron chi connectivity index (χ1n) is 5.58. The summed E-state index contributed by atoms with van der Waals surface area (Å²) < 4.78 is 13.0. The summed E-state index contributed by atoms with van der Waals surface area (Å²) in [7, 11) is 1.98. The van der Waals surface area contributed by atoms with E-state index in [1.807, 2.05) is 7.05 Å². The smallest absolute Gasteiger partial charge is 0.141 e. The second-order valence-corrected chi connectivity index (χ2v) is 4.58. The van der Waals surface area contributed by atoms with Gasteiger partial charge >= 0.3 is 0 Å². The molecule has 1 unspecified atom stereocenters. The fraction of sp³-hybridized carbons (Fsp3) is 0.500. The third-order valence-electron chi connectivity index (χ3n) is 3.10. The Morgan fingerprint density at radius 1 is 1.50 bits per heavy atom. The summed E-state index contributed by atoms with van der Waals surface area (Å²) in [6.45, 7) is 1.97. The lowest BCUT2D eigenvalue weighted by Gasteiger charge is -2.34. The largest absolute Gasteiger partial charge is 0.370 e. The van der Waals surface area contributed by atoms with Crippen LogP contribution in [0.2, 0.25) is 5.02 Å². The molecule has 2 nitrogen and oxygen atoms in total. The minimum atomic E-state index is -0.354. The van der Waals surface area contributed by atoms with Crippen molar-refractivity contribution in [3.63, 3.8) is 0 Å². The summed E-state index contributed by atoms with van der Waals surface area (Å²) in [5, 5.41) is 3.48. The van der Waals surface area contributed by atoms with E-state index in [2.05, 4.69) is 10.2 Å². The Bertz CT molecular complexity index is 370. The molecule has 1 saturated heterocycles. The fourth-order valence-electron chi connectivity index (χ4n) is 2.13. The first kappa shape index (κ1) is 11.7. The van der Waals surface area contributed by atoms with Crippen molar-refractivity contribution in [2.75, 3.05) is 25.0 Å². The predicted molar refractivity (Wildman–Crippen MR) is 65.7 cm³/mol. The van der Waals surface area contributed by atoms with E-state index in [0.717, 1.165) is 25.2 Å². The van der Waals surface area contributed by atoms with Crippen LogP contribution in [-0.2, 0) is 0 Å². The van der Waals surface area contributed by atoms with E-state index in [-0.39, 0.29) is 10.8 Å². The Balaban J connectivity index is 2.13. The zero-order valence-corrected chi connectivity index (χ0v) is 10.1. The van der Waals surface area contributed by atoms with Crippen molar-refractivity contribution < 1.29 is 4.39 Å². The molecule has 0 bridgehead atoms. The summed E-state index contributed by atoms with van der Waals surface area (Å²) >= 11 is 5.79. The average Bonchev–Trinajstić information content (AvgIpc) is 2.33. The van der Waals surface area contributed by atoms with E-state index in [9.17, 15) is 4.39 Å². The van der Waals surface area contributed by atoms with Crippen LogP contribution >= 0.6 is 11.6 Å². The lowest BCUT2D eigenvalue weighted by Crippen LogP contribution is -2.44. The number of benzene rings is 1. The topological polar surface area (TPSA) is 15.3 Å². The van der Waals surface area contributed by atoms with Gasteiger partial charge in [-0.3, -0.25) is 0 Å². The summed E-state index contributed by atoms with van der Waals surface area (Å²) in [6.07, 6.45) is 2.35. The number of hydrogen-bond donors (Lipinski definition) is 1. The second-order valence-electron chi connectivity index (χ2n) is 4.17. The Hall–Kier alpha value is -0.800. The molecule has 1 fully saturated rings. The van der Waals surface area contributed by atoms with Gasteiger partial charge in [-0.05, 0) is 38.1 Å². The molecule has 2 rings (SSSR count). The molecule has 0 aromatic heterocycles. The molecule has 1 atom stereocenters. The lowest BCUT2D eigenvalue weighted by molar-refractivity contribution is 0.449. The van der Waals surface area contributed by atoms with Crippen LogP contribution in [0.5, 0.6) is 0 Å². The third-order valence-corrected chi connectivity index (χ3v) is 3.39. The van der Waals surface area contributed by atoms with Crippen molar-refractivity contribution in [3.8, 4) is 0 Å². The normalized spacial score (nSPS) is 21.2. The van der Waals surface area contributed by atoms with Gasteiger partial charge < -0.3 is 10.2 Å². The number of hydrogen-bond acceptors (Lipinski definition) is 2. The molecule has 4 heteroatoms. The third kappa shape index (κ3) is 2.47. The number of halogens is 2. The van der Waals surface area contributed by atoms with Gasteiger partial charge in [-0.2, -0.15) is 0 Å². The number of piperidine rings is 1. The Morgan fingerprint density at radius 3 is 3.00 bits per heavy atom. The van der Waals surface area contributed by atoms with Gasteiger partial charge in [0.15, 0.2) is 0 Å². The summed E-state index contributed by atoms with van der Waals surface area (Å²) in [5.74, 6) is -0.354. The van der Waals surface area contributed by atoms with Crippen LogP contribution in [0.4, 0.5) is 10.1 Å². The van der Waals surface area contributed by atoms with E-state index < -0.39 is 0 Å². The maximum Gasteiger partial charge on any atom is 0.141 e. The molecule has 1 aromatic carbocycles. The maximum atomic E-state index is 13.0. The van der Waals surface area contributed by atoms with Gasteiger partial charge in [-0.15, -0.1) is 0 Å². The van der Waals surface area contributed by atoms with E-state index in [4.69, 9.17) is 11.6 Å². The average molecular weight is 243 g/mol. The van der Waals surface area contributed by atoms with Gasteiger partial charge in [0.05, 0.1) is 5.02 Å². The van der Waals surface area contributed by atoms with E-state index in [1.54, 1.807) is 12.1 Å². The van der Waals surface area contributed by atoms with Gasteiger partial charge in [-0.1, -0.05) is 11.6 Å². The first-order valence-corrected chi connectivity index (χ1v) is 5.96. The molecular formula is C12H16ClFN2. The van der Waals surface area contributed by atoms with Crippen molar-refractivity contribution in [2.45, 2.75) is 18.9 Å². The molecule has 1 aliphatic heterocycles. The van der Waals surface area contributed by atoms with Crippen molar-refractivity contribution >= 4 is 17.3 Å². The standard InChI is InChI=1S/C12H16ClFN2/c1-15-9-3-2-6-16(8-9)10-4-5-12(14)11(13)7-10/h4-5,7,9,15H,2-3,6,8H2,1H3. The van der Waals surface area contributed by atoms with Crippen molar-refractivity contribution in [1.29, 1.82) is 0 Å². The number of rotatable bonds is 2. The van der Waals surface area contributed by atoms with Crippen molar-refractivity contribution in [2.24, 2.45) is 0 Å². The van der Waals surface area contributed by atoms with Gasteiger partial charge in [0.2, 0.25) is 0 Å². The van der Waals surface area contributed by atoms with Crippen LogP contribution in [0.25, 0.3) is 0 Å². The zero-order valence-electron chi connectivity index (χ0n) is 9.34. The Kier molecular flexibility index (Phi) is 3.66. The predicted octanol–water partition coefficient (Wildman–Crippen LogP) is 2.67. The molecule has 1 aromatic rings. The molecule has 1 aliphatic rings. The molecule has 88 valence electrons. The van der Waals surface area contributed by atoms with E-state index in [1.165, 1.54) is 12.5 Å². The van der Waals surface area contributed by atoms with E-state index >= 15 is 0 Å². The molecule has 16 heavy (non-hydrogen) atoms. The summed E-state index contributed by atoms with van der Waals surface area (Å²) in [5.41, 5.74) is 1.01. The minimum Gasteiger partial charge on any atom is -0.370 e. The van der Waals surface area contributed by atoms with Crippen molar-refractivity contribution in [1.82, 2.24) is 5.32 Å². The molecule has 0 amide bonds. The fourth-order valence-corrected chi connectivity index (χ4v) is 2.30. The number of nitrogens with zero attached hydrogens (tertiary/aromatic N) is 1. The lowest BCUT2D eigenvalue weighted by atomic mass is 10.1. The SMILES string of the molecule is CNC1CCCN(c2ccc(F)c(Cl)c2)C1. The van der Waals surface area contributed by atoms with Gasteiger partial charge in [0.25, 0.3) is 0 Å². The molecule has 0 saturated carbocycles. The summed E-state index contributed by atoms with van der Waals surface area (Å²) in [6, 6.07) is 5.44. The summed E-state index contributed by atoms with van der Waals surface area (Å²) in [4.78, 5) is 2.25. The van der Waals surface area contributed by atoms with Crippen LogP contribution < -0.4 is 10.2 Å².